The van der Waals surface area contributed by atoms with E-state index in [4.69, 9.17) is 23.8 Å². The van der Waals surface area contributed by atoms with Crippen LogP contribution in [0.2, 0.25) is 5.02 Å². The molecule has 4 rings (SSSR count). The molecular weight excluding hydrogens is 423 g/mol. The predicted octanol–water partition coefficient (Wildman–Crippen LogP) is 4.78. The van der Waals surface area contributed by atoms with Crippen molar-refractivity contribution in [3.63, 3.8) is 0 Å². The molecule has 30 heavy (non-hydrogen) atoms. The van der Waals surface area contributed by atoms with Crippen molar-refractivity contribution in [2.24, 2.45) is 0 Å². The van der Waals surface area contributed by atoms with Gasteiger partial charge in [0.2, 0.25) is 0 Å². The number of halogens is 2. The molecule has 6 nitrogen and oxygen atoms in total. The van der Waals surface area contributed by atoms with E-state index in [0.717, 1.165) is 11.3 Å². The SMILES string of the molecule is Fc1ccc(Cn2ccc(NC(=S)Nc3cnn(Cc4ccccc4)c3)n2)c(Cl)c1. The second-order valence-electron chi connectivity index (χ2n) is 6.63. The molecule has 2 heterocycles. The summed E-state index contributed by atoms with van der Waals surface area (Å²) in [6, 6.07) is 16.2. The zero-order chi connectivity index (χ0) is 20.9. The highest BCUT2D eigenvalue weighted by Gasteiger charge is 2.07. The van der Waals surface area contributed by atoms with Gasteiger partial charge < -0.3 is 10.6 Å². The number of nitrogens with zero attached hydrogens (tertiary/aromatic N) is 4. The summed E-state index contributed by atoms with van der Waals surface area (Å²) in [5.41, 5.74) is 2.72. The summed E-state index contributed by atoms with van der Waals surface area (Å²) in [7, 11) is 0. The van der Waals surface area contributed by atoms with Crippen LogP contribution in [0.25, 0.3) is 0 Å². The number of hydrogen-bond acceptors (Lipinski definition) is 3. The summed E-state index contributed by atoms with van der Waals surface area (Å²) in [5.74, 6) is 0.220. The van der Waals surface area contributed by atoms with Gasteiger partial charge in [0.15, 0.2) is 10.9 Å². The molecule has 0 radical (unpaired) electrons. The molecule has 0 fully saturated rings. The minimum Gasteiger partial charge on any atom is -0.330 e. The number of aromatic nitrogens is 4. The van der Waals surface area contributed by atoms with Crippen LogP contribution in [0.15, 0.2) is 73.2 Å². The van der Waals surface area contributed by atoms with Crippen LogP contribution in [0, 0.1) is 5.82 Å². The number of anilines is 2. The van der Waals surface area contributed by atoms with Gasteiger partial charge in [-0.05, 0) is 35.5 Å². The molecular formula is C21H18ClFN6S. The van der Waals surface area contributed by atoms with E-state index >= 15 is 0 Å². The van der Waals surface area contributed by atoms with E-state index in [1.54, 1.807) is 29.2 Å². The molecule has 0 amide bonds. The molecule has 0 saturated heterocycles. The lowest BCUT2D eigenvalue weighted by atomic mass is 10.2. The Morgan fingerprint density at radius 1 is 1.03 bits per heavy atom. The van der Waals surface area contributed by atoms with Gasteiger partial charge in [-0.25, -0.2) is 4.39 Å². The minimum atomic E-state index is -0.366. The third-order valence-corrected chi connectivity index (χ3v) is 4.86. The van der Waals surface area contributed by atoms with Gasteiger partial charge in [-0.3, -0.25) is 9.36 Å². The molecule has 9 heteroatoms. The third-order valence-electron chi connectivity index (χ3n) is 4.31. The standard InChI is InChI=1S/C21H18ClFN6S/c22-19-10-17(23)7-6-16(19)13-28-9-8-20(27-28)26-21(30)25-18-11-24-29(14-18)12-15-4-2-1-3-5-15/h1-11,14H,12-13H2,(H2,25,26,27,30). The van der Waals surface area contributed by atoms with Gasteiger partial charge in [-0.1, -0.05) is 48.0 Å². The molecule has 0 atom stereocenters. The van der Waals surface area contributed by atoms with Crippen molar-refractivity contribution in [3.8, 4) is 0 Å². The van der Waals surface area contributed by atoms with Gasteiger partial charge in [0.05, 0.1) is 25.0 Å². The summed E-state index contributed by atoms with van der Waals surface area (Å²) < 4.78 is 16.7. The van der Waals surface area contributed by atoms with Crippen LogP contribution in [0.3, 0.4) is 0 Å². The van der Waals surface area contributed by atoms with Crippen molar-refractivity contribution >= 4 is 40.4 Å². The second-order valence-corrected chi connectivity index (χ2v) is 7.44. The highest BCUT2D eigenvalue weighted by Crippen LogP contribution is 2.18. The van der Waals surface area contributed by atoms with Crippen molar-refractivity contribution in [2.75, 3.05) is 10.6 Å². The number of benzene rings is 2. The van der Waals surface area contributed by atoms with Crippen LogP contribution in [0.4, 0.5) is 15.9 Å². The molecule has 2 aromatic carbocycles. The van der Waals surface area contributed by atoms with Crippen LogP contribution in [0.5, 0.6) is 0 Å². The highest BCUT2D eigenvalue weighted by molar-refractivity contribution is 7.80. The fourth-order valence-corrected chi connectivity index (χ4v) is 3.35. The van der Waals surface area contributed by atoms with Crippen LogP contribution >= 0.6 is 23.8 Å². The van der Waals surface area contributed by atoms with Gasteiger partial charge in [-0.2, -0.15) is 10.2 Å². The summed E-state index contributed by atoms with van der Waals surface area (Å²) in [4.78, 5) is 0. The molecule has 4 aromatic rings. The lowest BCUT2D eigenvalue weighted by Crippen LogP contribution is -2.19. The molecule has 152 valence electrons. The smallest absolute Gasteiger partial charge is 0.176 e. The first-order valence-electron chi connectivity index (χ1n) is 9.17. The molecule has 2 N–H and O–H groups in total. The van der Waals surface area contributed by atoms with Gasteiger partial charge in [0, 0.05) is 23.5 Å². The number of nitrogens with one attached hydrogen (secondary N) is 2. The molecule has 0 aliphatic rings. The number of hydrogen-bond donors (Lipinski definition) is 2. The first-order valence-corrected chi connectivity index (χ1v) is 9.95. The van der Waals surface area contributed by atoms with E-state index in [-0.39, 0.29) is 5.82 Å². The summed E-state index contributed by atoms with van der Waals surface area (Å²) >= 11 is 11.4. The number of rotatable bonds is 6. The Hall–Kier alpha value is -3.23. The lowest BCUT2D eigenvalue weighted by Gasteiger charge is -2.07. The highest BCUT2D eigenvalue weighted by atomic mass is 35.5. The van der Waals surface area contributed by atoms with Crippen molar-refractivity contribution < 1.29 is 4.39 Å². The monoisotopic (exact) mass is 440 g/mol. The van der Waals surface area contributed by atoms with E-state index in [0.29, 0.717) is 29.0 Å². The van der Waals surface area contributed by atoms with Crippen molar-refractivity contribution in [2.45, 2.75) is 13.1 Å². The van der Waals surface area contributed by atoms with E-state index in [1.165, 1.54) is 17.7 Å². The fourth-order valence-electron chi connectivity index (χ4n) is 2.90. The summed E-state index contributed by atoms with van der Waals surface area (Å²) in [5, 5.41) is 15.7. The van der Waals surface area contributed by atoms with E-state index in [9.17, 15) is 4.39 Å². The van der Waals surface area contributed by atoms with Gasteiger partial charge >= 0.3 is 0 Å². The molecule has 0 aliphatic carbocycles. The van der Waals surface area contributed by atoms with Crippen LogP contribution in [-0.4, -0.2) is 24.7 Å². The van der Waals surface area contributed by atoms with E-state index in [1.807, 2.05) is 29.1 Å². The van der Waals surface area contributed by atoms with E-state index < -0.39 is 0 Å². The fraction of sp³-hybridized carbons (Fsp3) is 0.0952. The Morgan fingerprint density at radius 2 is 1.87 bits per heavy atom. The lowest BCUT2D eigenvalue weighted by molar-refractivity contribution is 0.624. The largest absolute Gasteiger partial charge is 0.330 e. The Morgan fingerprint density at radius 3 is 2.67 bits per heavy atom. The molecule has 0 spiro atoms. The maximum Gasteiger partial charge on any atom is 0.176 e. The van der Waals surface area contributed by atoms with Gasteiger partial charge in [-0.15, -0.1) is 0 Å². The average molecular weight is 441 g/mol. The van der Waals surface area contributed by atoms with Gasteiger partial charge in [0.25, 0.3) is 0 Å². The van der Waals surface area contributed by atoms with Crippen LogP contribution < -0.4 is 10.6 Å². The predicted molar refractivity (Wildman–Crippen MR) is 120 cm³/mol. The van der Waals surface area contributed by atoms with Crippen LogP contribution in [-0.2, 0) is 13.1 Å². The van der Waals surface area contributed by atoms with Gasteiger partial charge in [0.1, 0.15) is 5.82 Å². The van der Waals surface area contributed by atoms with Crippen molar-refractivity contribution in [1.29, 1.82) is 0 Å². The molecule has 0 aliphatic heterocycles. The summed E-state index contributed by atoms with van der Waals surface area (Å²) in [6.45, 7) is 1.10. The van der Waals surface area contributed by atoms with Crippen molar-refractivity contribution in [1.82, 2.24) is 19.6 Å². The van der Waals surface area contributed by atoms with E-state index in [2.05, 4.69) is 33.0 Å². The second kappa shape index (κ2) is 9.06. The molecule has 0 unspecified atom stereocenters. The normalized spacial score (nSPS) is 10.7. The zero-order valence-corrected chi connectivity index (χ0v) is 17.4. The third kappa shape index (κ3) is 5.22. The maximum absolute atomic E-state index is 13.2. The summed E-state index contributed by atoms with van der Waals surface area (Å²) in [6.07, 6.45) is 5.39. The Balaban J connectivity index is 1.32. The number of thiocarbonyl (C=S) groups is 1. The van der Waals surface area contributed by atoms with Crippen molar-refractivity contribution in [3.05, 3.63) is 95.2 Å². The molecule has 2 aromatic heterocycles. The Kier molecular flexibility index (Phi) is 6.06. The first kappa shape index (κ1) is 20.1. The van der Waals surface area contributed by atoms with Crippen LogP contribution in [0.1, 0.15) is 11.1 Å². The zero-order valence-electron chi connectivity index (χ0n) is 15.8. The maximum atomic E-state index is 13.2. The first-order chi connectivity index (χ1) is 14.5. The quantitative estimate of drug-likeness (QED) is 0.423. The topological polar surface area (TPSA) is 59.7 Å². The Labute approximate surface area is 183 Å². The molecule has 0 saturated carbocycles. The minimum absolute atomic E-state index is 0.365. The Bertz CT molecular complexity index is 1160. The molecule has 0 bridgehead atoms. The average Bonchev–Trinajstić information content (AvgIpc) is 3.34.